The Balaban J connectivity index is 0.00000208. The molecule has 0 unspecified atom stereocenters. The van der Waals surface area contributed by atoms with E-state index in [0.717, 1.165) is 10.8 Å². The molecule has 0 atom stereocenters. The van der Waals surface area contributed by atoms with Crippen LogP contribution < -0.4 is 0 Å². The molecule has 6 nitrogen and oxygen atoms in total. The van der Waals surface area contributed by atoms with Crippen LogP contribution in [0.25, 0.3) is 10.8 Å². The number of rotatable bonds is 3. The molecule has 118 valence electrons. The summed E-state index contributed by atoms with van der Waals surface area (Å²) in [4.78, 5) is -0.218. The van der Waals surface area contributed by atoms with E-state index in [4.69, 9.17) is 4.55 Å². The first kappa shape index (κ1) is 18.6. The zero-order chi connectivity index (χ0) is 16.4. The molecule has 3 aromatic carbocycles. The second kappa shape index (κ2) is 7.42. The van der Waals surface area contributed by atoms with Crippen LogP contribution in [0.1, 0.15) is 0 Å². The van der Waals surface area contributed by atoms with E-state index in [1.165, 1.54) is 30.3 Å². The monoisotopic (exact) mass is 352 g/mol. The molecule has 0 aromatic heterocycles. The SMILES string of the molecule is O=S(=O)(O)c1ccc(N=Nc2c(O)ccc3ccccc23)cc1.[NaH]. The molecule has 3 rings (SSSR count). The molecule has 0 saturated heterocycles. The van der Waals surface area contributed by atoms with Crippen LogP contribution >= 0.6 is 0 Å². The summed E-state index contributed by atoms with van der Waals surface area (Å²) in [6.07, 6.45) is 0. The van der Waals surface area contributed by atoms with Gasteiger partial charge in [-0.25, -0.2) is 0 Å². The maximum absolute atomic E-state index is 11.0. The van der Waals surface area contributed by atoms with E-state index in [2.05, 4.69) is 10.2 Å². The zero-order valence-corrected chi connectivity index (χ0v) is 12.6. The van der Waals surface area contributed by atoms with Gasteiger partial charge >= 0.3 is 29.6 Å². The Morgan fingerprint density at radius 3 is 2.17 bits per heavy atom. The average molecular weight is 352 g/mol. The fraction of sp³-hybridized carbons (Fsp3) is 0. The molecule has 3 aromatic rings. The number of hydrogen-bond acceptors (Lipinski definition) is 5. The van der Waals surface area contributed by atoms with Crippen molar-refractivity contribution in [2.24, 2.45) is 10.2 Å². The molecule has 0 aliphatic heterocycles. The first-order valence-corrected chi connectivity index (χ1v) is 8.09. The molecule has 0 amide bonds. The van der Waals surface area contributed by atoms with Crippen LogP contribution in [0, 0.1) is 0 Å². The van der Waals surface area contributed by atoms with Gasteiger partial charge in [-0.1, -0.05) is 30.3 Å². The summed E-state index contributed by atoms with van der Waals surface area (Å²) in [5.41, 5.74) is 0.728. The van der Waals surface area contributed by atoms with E-state index in [1.54, 1.807) is 6.07 Å². The van der Waals surface area contributed by atoms with Crippen molar-refractivity contribution in [1.29, 1.82) is 0 Å². The molecule has 24 heavy (non-hydrogen) atoms. The van der Waals surface area contributed by atoms with Gasteiger partial charge in [0.1, 0.15) is 11.4 Å². The third kappa shape index (κ3) is 4.00. The molecule has 0 saturated carbocycles. The predicted octanol–water partition coefficient (Wildman–Crippen LogP) is 3.56. The van der Waals surface area contributed by atoms with Crippen LogP contribution in [-0.2, 0) is 10.1 Å². The molecule has 0 heterocycles. The van der Waals surface area contributed by atoms with Gasteiger partial charge in [-0.2, -0.15) is 13.5 Å². The first-order valence-electron chi connectivity index (χ1n) is 6.65. The molecule has 0 radical (unpaired) electrons. The van der Waals surface area contributed by atoms with Crippen molar-refractivity contribution in [3.05, 3.63) is 60.7 Å². The van der Waals surface area contributed by atoms with Crippen LogP contribution in [0.3, 0.4) is 0 Å². The number of benzene rings is 3. The molecule has 0 bridgehead atoms. The molecular formula is C16H13N2NaO4S. The van der Waals surface area contributed by atoms with Crippen molar-refractivity contribution in [3.63, 3.8) is 0 Å². The Bertz CT molecular complexity index is 1000. The standard InChI is InChI=1S/C16H12N2O4S.Na.H/c19-15-10-5-11-3-1-2-4-14(11)16(15)18-17-12-6-8-13(9-7-12)23(20,21)22;;/h1-10,19H,(H,20,21,22);;. The number of aromatic hydroxyl groups is 1. The minimum absolute atomic E-state index is 0. The number of azo groups is 1. The van der Waals surface area contributed by atoms with E-state index < -0.39 is 10.1 Å². The van der Waals surface area contributed by atoms with Gasteiger partial charge in [0, 0.05) is 5.39 Å². The van der Waals surface area contributed by atoms with E-state index in [9.17, 15) is 13.5 Å². The summed E-state index contributed by atoms with van der Waals surface area (Å²) in [5, 5.41) is 19.7. The Hall–Kier alpha value is -1.77. The topological polar surface area (TPSA) is 99.3 Å². The molecule has 0 fully saturated rings. The second-order valence-corrected chi connectivity index (χ2v) is 6.24. The summed E-state index contributed by atoms with van der Waals surface area (Å²) in [5.74, 6) is 0.00186. The molecule has 0 aliphatic carbocycles. The van der Waals surface area contributed by atoms with Gasteiger partial charge < -0.3 is 5.11 Å². The van der Waals surface area contributed by atoms with E-state index >= 15 is 0 Å². The van der Waals surface area contributed by atoms with Gasteiger partial charge in [-0.05, 0) is 35.7 Å². The fourth-order valence-corrected chi connectivity index (χ4v) is 2.62. The zero-order valence-electron chi connectivity index (χ0n) is 11.8. The summed E-state index contributed by atoms with van der Waals surface area (Å²) in [6, 6.07) is 16.0. The fourth-order valence-electron chi connectivity index (χ4n) is 2.14. The van der Waals surface area contributed by atoms with Crippen LogP contribution in [0.4, 0.5) is 11.4 Å². The normalized spacial score (nSPS) is 11.5. The molecule has 2 N–H and O–H groups in total. The van der Waals surface area contributed by atoms with Gasteiger partial charge in [0.2, 0.25) is 0 Å². The summed E-state index contributed by atoms with van der Waals surface area (Å²) in [7, 11) is -4.23. The quantitative estimate of drug-likeness (QED) is 0.428. The van der Waals surface area contributed by atoms with Crippen molar-refractivity contribution in [2.75, 3.05) is 0 Å². The Labute approximate surface area is 160 Å². The minimum atomic E-state index is -4.23. The number of phenolic OH excluding ortho intramolecular Hbond substituents is 1. The van der Waals surface area contributed by atoms with E-state index in [0.29, 0.717) is 11.4 Å². The van der Waals surface area contributed by atoms with Gasteiger partial charge in [0.15, 0.2) is 0 Å². The van der Waals surface area contributed by atoms with Gasteiger partial charge in [-0.15, -0.1) is 5.11 Å². The van der Waals surface area contributed by atoms with Crippen LogP contribution in [0.5, 0.6) is 5.75 Å². The molecule has 0 aliphatic rings. The third-order valence-corrected chi connectivity index (χ3v) is 4.15. The number of phenols is 1. The first-order chi connectivity index (χ1) is 10.9. The van der Waals surface area contributed by atoms with Crippen LogP contribution in [0.15, 0.2) is 75.8 Å². The predicted molar refractivity (Wildman–Crippen MR) is 93.2 cm³/mol. The van der Waals surface area contributed by atoms with E-state index in [-0.39, 0.29) is 40.2 Å². The third-order valence-electron chi connectivity index (χ3n) is 3.28. The number of nitrogens with zero attached hydrogens (tertiary/aromatic N) is 2. The molecule has 8 heteroatoms. The number of hydrogen-bond donors (Lipinski definition) is 2. The van der Waals surface area contributed by atoms with Crippen molar-refractivity contribution in [2.45, 2.75) is 4.90 Å². The summed E-state index contributed by atoms with van der Waals surface area (Å²) < 4.78 is 30.9. The maximum atomic E-state index is 11.0. The van der Waals surface area contributed by atoms with Crippen molar-refractivity contribution in [3.8, 4) is 5.75 Å². The Morgan fingerprint density at radius 2 is 1.50 bits per heavy atom. The van der Waals surface area contributed by atoms with Gasteiger partial charge in [0.25, 0.3) is 10.1 Å². The van der Waals surface area contributed by atoms with Crippen LogP contribution in [-0.4, -0.2) is 47.6 Å². The number of fused-ring (bicyclic) bond motifs is 1. The average Bonchev–Trinajstić information content (AvgIpc) is 2.53. The molecule has 0 spiro atoms. The Kier molecular flexibility index (Phi) is 5.74. The van der Waals surface area contributed by atoms with Crippen molar-refractivity contribution in [1.82, 2.24) is 0 Å². The van der Waals surface area contributed by atoms with Crippen molar-refractivity contribution < 1.29 is 18.1 Å². The molecular weight excluding hydrogens is 339 g/mol. The van der Waals surface area contributed by atoms with Gasteiger partial charge in [-0.3, -0.25) is 4.55 Å². The van der Waals surface area contributed by atoms with Crippen LogP contribution in [0.2, 0.25) is 0 Å². The summed E-state index contributed by atoms with van der Waals surface area (Å²) >= 11 is 0. The van der Waals surface area contributed by atoms with E-state index in [1.807, 2.05) is 24.3 Å². The second-order valence-electron chi connectivity index (χ2n) is 4.82. The summed E-state index contributed by atoms with van der Waals surface area (Å²) in [6.45, 7) is 0. The Morgan fingerprint density at radius 1 is 0.833 bits per heavy atom. The van der Waals surface area contributed by atoms with Crippen molar-refractivity contribution >= 4 is 61.8 Å². The van der Waals surface area contributed by atoms with Gasteiger partial charge in [0.05, 0.1) is 10.6 Å².